The topological polar surface area (TPSA) is 9.23 Å². The molecule has 1 aliphatic heterocycles. The molecule has 1 heterocycles. The van der Waals surface area contributed by atoms with Gasteiger partial charge in [-0.05, 0) is 24.6 Å². The lowest BCUT2D eigenvalue weighted by Crippen LogP contribution is -1.85. The summed E-state index contributed by atoms with van der Waals surface area (Å²) in [5.41, 5.74) is 1.24. The normalized spacial score (nSPS) is 21.8. The van der Waals surface area contributed by atoms with Gasteiger partial charge in [0.2, 0.25) is 0 Å². The van der Waals surface area contributed by atoms with E-state index in [-0.39, 0.29) is 6.10 Å². The molecule has 1 atom stereocenters. The van der Waals surface area contributed by atoms with E-state index in [9.17, 15) is 0 Å². The van der Waals surface area contributed by atoms with Crippen molar-refractivity contribution in [2.24, 2.45) is 0 Å². The van der Waals surface area contributed by atoms with Crippen LogP contribution < -0.4 is 0 Å². The third kappa shape index (κ3) is 1.26. The van der Waals surface area contributed by atoms with Crippen LogP contribution in [-0.4, -0.2) is 0 Å². The Hall–Kier alpha value is -0.180. The summed E-state index contributed by atoms with van der Waals surface area (Å²) in [6.07, 6.45) is 0.201. The van der Waals surface area contributed by atoms with Gasteiger partial charge < -0.3 is 4.18 Å². The fourth-order valence-corrected chi connectivity index (χ4v) is 2.19. The second kappa shape index (κ2) is 2.70. The first-order valence-electron chi connectivity index (χ1n) is 3.40. The summed E-state index contributed by atoms with van der Waals surface area (Å²) in [7, 11) is 0. The monoisotopic (exact) mass is 186 g/mol. The molecule has 0 saturated carbocycles. The van der Waals surface area contributed by atoms with E-state index in [1.165, 1.54) is 17.6 Å². The number of halogens is 1. The molecule has 1 aliphatic rings. The Bertz CT molecular complexity index is 287. The van der Waals surface area contributed by atoms with Crippen LogP contribution in [0, 0.1) is 0 Å². The molecular weight excluding hydrogens is 180 g/mol. The molecule has 0 spiro atoms. The average molecular weight is 187 g/mol. The summed E-state index contributed by atoms with van der Waals surface area (Å²) in [5, 5.41) is 0.772. The first-order valence-corrected chi connectivity index (χ1v) is 4.52. The molecule has 1 aromatic rings. The summed E-state index contributed by atoms with van der Waals surface area (Å²) in [6.45, 7) is 2.03. The van der Waals surface area contributed by atoms with Crippen molar-refractivity contribution in [3.05, 3.63) is 28.8 Å². The number of fused-ring (bicyclic) bond motifs is 1. The third-order valence-corrected chi connectivity index (χ3v) is 2.85. The van der Waals surface area contributed by atoms with Gasteiger partial charge in [0.25, 0.3) is 0 Å². The van der Waals surface area contributed by atoms with Gasteiger partial charge in [0.1, 0.15) is 0 Å². The van der Waals surface area contributed by atoms with E-state index in [0.717, 1.165) is 9.92 Å². The summed E-state index contributed by atoms with van der Waals surface area (Å²) in [4.78, 5) is 1.14. The lowest BCUT2D eigenvalue weighted by molar-refractivity contribution is 0.286. The maximum absolute atomic E-state index is 5.80. The zero-order valence-corrected chi connectivity index (χ0v) is 7.58. The van der Waals surface area contributed by atoms with Crippen molar-refractivity contribution < 1.29 is 4.18 Å². The van der Waals surface area contributed by atoms with E-state index in [1.807, 2.05) is 25.1 Å². The fourth-order valence-electron chi connectivity index (χ4n) is 1.09. The van der Waals surface area contributed by atoms with Crippen LogP contribution in [0.25, 0.3) is 0 Å². The van der Waals surface area contributed by atoms with Crippen molar-refractivity contribution in [3.63, 3.8) is 0 Å². The Morgan fingerprint density at radius 3 is 3.18 bits per heavy atom. The quantitative estimate of drug-likeness (QED) is 0.574. The molecule has 0 aromatic heterocycles. The lowest BCUT2D eigenvalue weighted by atomic mass is 10.1. The molecule has 2 rings (SSSR count). The number of hydrogen-bond acceptors (Lipinski definition) is 2. The molecule has 0 bridgehead atoms. The van der Waals surface area contributed by atoms with Crippen LogP contribution in [0.1, 0.15) is 18.6 Å². The van der Waals surface area contributed by atoms with E-state index >= 15 is 0 Å². The molecule has 0 saturated heterocycles. The predicted molar refractivity (Wildman–Crippen MR) is 46.8 cm³/mol. The van der Waals surface area contributed by atoms with E-state index in [0.29, 0.717) is 0 Å². The van der Waals surface area contributed by atoms with Crippen LogP contribution in [0.2, 0.25) is 5.02 Å². The molecule has 0 radical (unpaired) electrons. The predicted octanol–water partition coefficient (Wildman–Crippen LogP) is 3.44. The van der Waals surface area contributed by atoms with Crippen molar-refractivity contribution in [2.45, 2.75) is 17.9 Å². The summed E-state index contributed by atoms with van der Waals surface area (Å²) in [6, 6.07) is 5.85. The van der Waals surface area contributed by atoms with Crippen LogP contribution >= 0.6 is 23.6 Å². The Balaban J connectivity index is 2.50. The van der Waals surface area contributed by atoms with Gasteiger partial charge in [0.05, 0.1) is 6.10 Å². The van der Waals surface area contributed by atoms with E-state index in [4.69, 9.17) is 15.8 Å². The molecule has 1 nitrogen and oxygen atoms in total. The summed E-state index contributed by atoms with van der Waals surface area (Å²) in [5.74, 6) is 0. The van der Waals surface area contributed by atoms with Gasteiger partial charge >= 0.3 is 0 Å². The molecule has 11 heavy (non-hydrogen) atoms. The van der Waals surface area contributed by atoms with Crippen LogP contribution in [-0.2, 0) is 4.18 Å². The second-order valence-electron chi connectivity index (χ2n) is 2.50. The van der Waals surface area contributed by atoms with Gasteiger partial charge in [-0.2, -0.15) is 0 Å². The summed E-state index contributed by atoms with van der Waals surface area (Å²) < 4.78 is 5.34. The minimum Gasteiger partial charge on any atom is -0.302 e. The van der Waals surface area contributed by atoms with Gasteiger partial charge in [-0.3, -0.25) is 0 Å². The largest absolute Gasteiger partial charge is 0.302 e. The molecule has 0 aliphatic carbocycles. The Kier molecular flexibility index (Phi) is 1.83. The van der Waals surface area contributed by atoms with Gasteiger partial charge in [-0.15, -0.1) is 0 Å². The molecule has 0 amide bonds. The van der Waals surface area contributed by atoms with Crippen LogP contribution in [0.5, 0.6) is 0 Å². The highest BCUT2D eigenvalue weighted by Crippen LogP contribution is 2.41. The molecular formula is C8H7ClOS. The zero-order chi connectivity index (χ0) is 7.84. The Labute approximate surface area is 74.9 Å². The highest BCUT2D eigenvalue weighted by Gasteiger charge is 2.19. The summed E-state index contributed by atoms with van der Waals surface area (Å²) >= 11 is 7.21. The highest BCUT2D eigenvalue weighted by molar-refractivity contribution is 7.95. The zero-order valence-electron chi connectivity index (χ0n) is 6.00. The van der Waals surface area contributed by atoms with Crippen molar-refractivity contribution in [2.75, 3.05) is 0 Å². The molecule has 58 valence electrons. The number of benzene rings is 1. The standard InChI is InChI=1S/C8H7ClOS/c1-5-7-3-2-6(9)4-8(7)11-10-5/h2-5H,1H3. The van der Waals surface area contributed by atoms with Crippen molar-refractivity contribution in [1.29, 1.82) is 0 Å². The van der Waals surface area contributed by atoms with Crippen LogP contribution in [0.3, 0.4) is 0 Å². The SMILES string of the molecule is CC1OSc2cc(Cl)ccc21. The molecule has 0 fully saturated rings. The van der Waals surface area contributed by atoms with Gasteiger partial charge in [-0.25, -0.2) is 0 Å². The number of rotatable bonds is 0. The molecule has 1 aromatic carbocycles. The minimum absolute atomic E-state index is 0.201. The van der Waals surface area contributed by atoms with Gasteiger partial charge in [0.15, 0.2) is 0 Å². The van der Waals surface area contributed by atoms with Crippen LogP contribution in [0.15, 0.2) is 23.1 Å². The lowest BCUT2D eigenvalue weighted by Gasteiger charge is -1.99. The second-order valence-corrected chi connectivity index (χ2v) is 3.74. The minimum atomic E-state index is 0.201. The molecule has 1 unspecified atom stereocenters. The molecule has 0 N–H and O–H groups in total. The van der Waals surface area contributed by atoms with Crippen molar-refractivity contribution in [1.82, 2.24) is 0 Å². The maximum atomic E-state index is 5.80. The smallest absolute Gasteiger partial charge is 0.0960 e. The van der Waals surface area contributed by atoms with E-state index in [2.05, 4.69) is 0 Å². The third-order valence-electron chi connectivity index (χ3n) is 1.70. The van der Waals surface area contributed by atoms with E-state index < -0.39 is 0 Å². The van der Waals surface area contributed by atoms with Crippen molar-refractivity contribution in [3.8, 4) is 0 Å². The highest BCUT2D eigenvalue weighted by atomic mass is 35.5. The van der Waals surface area contributed by atoms with Crippen LogP contribution in [0.4, 0.5) is 0 Å². The first kappa shape index (κ1) is 7.47. The molecule has 3 heteroatoms. The fraction of sp³-hybridized carbons (Fsp3) is 0.250. The Morgan fingerprint density at radius 2 is 2.36 bits per heavy atom. The van der Waals surface area contributed by atoms with E-state index in [1.54, 1.807) is 0 Å². The van der Waals surface area contributed by atoms with Crippen molar-refractivity contribution >= 4 is 23.6 Å². The average Bonchev–Trinajstić information content (AvgIpc) is 2.32. The Morgan fingerprint density at radius 1 is 1.55 bits per heavy atom. The van der Waals surface area contributed by atoms with Gasteiger partial charge in [0, 0.05) is 22.0 Å². The number of hydrogen-bond donors (Lipinski definition) is 0. The van der Waals surface area contributed by atoms with Gasteiger partial charge in [-0.1, -0.05) is 17.7 Å². The first-order chi connectivity index (χ1) is 5.27. The maximum Gasteiger partial charge on any atom is 0.0960 e.